The number of pyridine rings is 1. The second-order valence-corrected chi connectivity index (χ2v) is 12.3. The zero-order valence-electron chi connectivity index (χ0n) is 24.1. The number of rotatable bonds is 6. The van der Waals surface area contributed by atoms with Crippen LogP contribution in [0.25, 0.3) is 50.3 Å². The Bertz CT molecular complexity index is 2280. The van der Waals surface area contributed by atoms with Gasteiger partial charge in [0, 0.05) is 36.7 Å². The van der Waals surface area contributed by atoms with Crippen LogP contribution < -0.4 is 15.2 Å². The fourth-order valence-electron chi connectivity index (χ4n) is 5.00. The summed E-state index contributed by atoms with van der Waals surface area (Å²) in [5, 5.41) is 3.07. The number of para-hydroxylation sites is 1. The van der Waals surface area contributed by atoms with Gasteiger partial charge in [0.15, 0.2) is 5.52 Å². The van der Waals surface area contributed by atoms with E-state index in [1.165, 1.54) is 44.7 Å². The van der Waals surface area contributed by atoms with E-state index in [1.54, 1.807) is 24.3 Å². The van der Waals surface area contributed by atoms with Crippen molar-refractivity contribution in [3.8, 4) is 28.3 Å². The molecule has 0 fully saturated rings. The summed E-state index contributed by atoms with van der Waals surface area (Å²) in [5.41, 5.74) is 2.57. The number of furan rings is 1. The molecular formula is C32H26FN5O5S. The van der Waals surface area contributed by atoms with Crippen molar-refractivity contribution in [3.63, 3.8) is 0 Å². The van der Waals surface area contributed by atoms with Crippen LogP contribution in [0.2, 0.25) is 0 Å². The molecule has 44 heavy (non-hydrogen) atoms. The van der Waals surface area contributed by atoms with Crippen LogP contribution in [0.1, 0.15) is 15.9 Å². The standard InChI is InChI=1S/C32H26FN5O5S/c1-18-9-11-19(12-10-18)30-28(31(39)34-2)21-15-20(26(16-27(21)43-30)37(3)44(4,41)42)23-13-14-24-29(36-23)32(40)38(17-35-24)25-8-6-5-7-22(25)33/h5-17H,1-4H3,(H,34,39). The molecule has 0 aliphatic rings. The lowest BCUT2D eigenvalue weighted by molar-refractivity contribution is 0.0964. The first-order chi connectivity index (χ1) is 21.0. The number of aryl methyl sites for hydroxylation is 1. The summed E-state index contributed by atoms with van der Waals surface area (Å²) in [7, 11) is -0.878. The van der Waals surface area contributed by atoms with Gasteiger partial charge in [0.2, 0.25) is 10.0 Å². The van der Waals surface area contributed by atoms with Gasteiger partial charge in [0.1, 0.15) is 23.5 Å². The Hall–Kier alpha value is -5.36. The van der Waals surface area contributed by atoms with Gasteiger partial charge >= 0.3 is 0 Å². The zero-order chi connectivity index (χ0) is 31.3. The second kappa shape index (κ2) is 10.7. The molecule has 0 aliphatic carbocycles. The molecular weight excluding hydrogens is 585 g/mol. The highest BCUT2D eigenvalue weighted by molar-refractivity contribution is 7.92. The number of aromatic nitrogens is 3. The molecule has 12 heteroatoms. The molecule has 0 spiro atoms. The third kappa shape index (κ3) is 4.88. The minimum atomic E-state index is -3.77. The predicted molar refractivity (Wildman–Crippen MR) is 167 cm³/mol. The van der Waals surface area contributed by atoms with Crippen LogP contribution in [0.3, 0.4) is 0 Å². The van der Waals surface area contributed by atoms with Crippen molar-refractivity contribution in [2.75, 3.05) is 24.7 Å². The quantitative estimate of drug-likeness (QED) is 0.279. The smallest absolute Gasteiger partial charge is 0.284 e. The summed E-state index contributed by atoms with van der Waals surface area (Å²) in [6.45, 7) is 1.94. The number of hydrogen-bond acceptors (Lipinski definition) is 7. The first-order valence-electron chi connectivity index (χ1n) is 13.4. The van der Waals surface area contributed by atoms with Crippen LogP contribution >= 0.6 is 0 Å². The molecule has 0 aliphatic heterocycles. The van der Waals surface area contributed by atoms with Crippen molar-refractivity contribution in [2.24, 2.45) is 0 Å². The monoisotopic (exact) mass is 611 g/mol. The number of benzene rings is 3. The van der Waals surface area contributed by atoms with Crippen molar-refractivity contribution in [1.82, 2.24) is 19.9 Å². The van der Waals surface area contributed by atoms with E-state index in [4.69, 9.17) is 4.42 Å². The Balaban J connectivity index is 1.65. The van der Waals surface area contributed by atoms with Gasteiger partial charge in [-0.1, -0.05) is 42.0 Å². The molecule has 6 rings (SSSR count). The number of amides is 1. The first kappa shape index (κ1) is 28.7. The number of sulfonamides is 1. The van der Waals surface area contributed by atoms with E-state index in [2.05, 4.69) is 15.3 Å². The van der Waals surface area contributed by atoms with E-state index in [0.717, 1.165) is 20.7 Å². The summed E-state index contributed by atoms with van der Waals surface area (Å²) in [4.78, 5) is 35.6. The number of nitrogens with one attached hydrogen (secondary N) is 1. The largest absolute Gasteiger partial charge is 0.455 e. The van der Waals surface area contributed by atoms with E-state index in [-0.39, 0.29) is 39.2 Å². The van der Waals surface area contributed by atoms with Gasteiger partial charge < -0.3 is 9.73 Å². The van der Waals surface area contributed by atoms with E-state index in [1.807, 2.05) is 31.2 Å². The van der Waals surface area contributed by atoms with E-state index in [9.17, 15) is 22.4 Å². The third-order valence-electron chi connectivity index (χ3n) is 7.41. The van der Waals surface area contributed by atoms with Crippen LogP contribution in [-0.2, 0) is 10.0 Å². The Kier molecular flexibility index (Phi) is 7.01. The molecule has 3 heterocycles. The lowest BCUT2D eigenvalue weighted by Gasteiger charge is -2.20. The highest BCUT2D eigenvalue weighted by Gasteiger charge is 2.26. The zero-order valence-corrected chi connectivity index (χ0v) is 24.9. The van der Waals surface area contributed by atoms with Crippen LogP contribution in [0.5, 0.6) is 0 Å². The van der Waals surface area contributed by atoms with E-state index < -0.39 is 27.3 Å². The molecule has 0 saturated heterocycles. The Morgan fingerprint density at radius 3 is 2.45 bits per heavy atom. The molecule has 0 saturated carbocycles. The maximum atomic E-state index is 14.6. The van der Waals surface area contributed by atoms with E-state index in [0.29, 0.717) is 22.3 Å². The van der Waals surface area contributed by atoms with Gasteiger partial charge in [0.25, 0.3) is 11.5 Å². The van der Waals surface area contributed by atoms with Crippen molar-refractivity contribution in [1.29, 1.82) is 0 Å². The Morgan fingerprint density at radius 2 is 1.77 bits per heavy atom. The lowest BCUT2D eigenvalue weighted by atomic mass is 10.00. The normalized spacial score (nSPS) is 11.7. The SMILES string of the molecule is CNC(=O)c1c(-c2ccc(C)cc2)oc2cc(N(C)S(C)(=O)=O)c(-c3ccc4ncn(-c5ccccc5F)c(=O)c4n3)cc12. The molecule has 3 aromatic heterocycles. The van der Waals surface area contributed by atoms with Crippen molar-refractivity contribution in [2.45, 2.75) is 6.92 Å². The Labute approximate surface area is 251 Å². The molecule has 0 unspecified atom stereocenters. The minimum Gasteiger partial charge on any atom is -0.455 e. The number of carbonyl (C=O) groups is 1. The molecule has 1 amide bonds. The van der Waals surface area contributed by atoms with E-state index >= 15 is 0 Å². The van der Waals surface area contributed by atoms with Gasteiger partial charge in [-0.25, -0.2) is 22.8 Å². The van der Waals surface area contributed by atoms with Crippen LogP contribution in [0.4, 0.5) is 10.1 Å². The summed E-state index contributed by atoms with van der Waals surface area (Å²) >= 11 is 0. The first-order valence-corrected chi connectivity index (χ1v) is 15.3. The van der Waals surface area contributed by atoms with Crippen molar-refractivity contribution >= 4 is 43.6 Å². The molecule has 3 aromatic carbocycles. The van der Waals surface area contributed by atoms with Crippen LogP contribution in [0.15, 0.2) is 88.3 Å². The van der Waals surface area contributed by atoms with Gasteiger partial charge in [-0.3, -0.25) is 18.5 Å². The highest BCUT2D eigenvalue weighted by Crippen LogP contribution is 2.41. The van der Waals surface area contributed by atoms with Gasteiger partial charge in [-0.05, 0) is 37.3 Å². The number of fused-ring (bicyclic) bond motifs is 2. The number of anilines is 1. The Morgan fingerprint density at radius 1 is 1.05 bits per heavy atom. The van der Waals surface area contributed by atoms with Crippen LogP contribution in [0, 0.1) is 12.7 Å². The topological polar surface area (TPSA) is 127 Å². The number of hydrogen-bond donors (Lipinski definition) is 1. The predicted octanol–water partition coefficient (Wildman–Crippen LogP) is 5.06. The van der Waals surface area contributed by atoms with Gasteiger partial charge in [-0.2, -0.15) is 0 Å². The maximum Gasteiger partial charge on any atom is 0.284 e. The molecule has 222 valence electrons. The number of nitrogens with zero attached hydrogens (tertiary/aromatic N) is 4. The molecule has 10 nitrogen and oxygen atoms in total. The number of halogens is 1. The van der Waals surface area contributed by atoms with Gasteiger partial charge in [-0.15, -0.1) is 0 Å². The average Bonchev–Trinajstić information content (AvgIpc) is 3.38. The average molecular weight is 612 g/mol. The summed E-state index contributed by atoms with van der Waals surface area (Å²) < 4.78 is 48.4. The maximum absolute atomic E-state index is 14.6. The molecule has 0 atom stereocenters. The lowest BCUT2D eigenvalue weighted by Crippen LogP contribution is -2.25. The fourth-order valence-corrected chi connectivity index (χ4v) is 5.51. The van der Waals surface area contributed by atoms with Crippen LogP contribution in [-0.4, -0.2) is 49.2 Å². The highest BCUT2D eigenvalue weighted by atomic mass is 32.2. The summed E-state index contributed by atoms with van der Waals surface area (Å²) in [6, 6.07) is 19.6. The minimum absolute atomic E-state index is 0.00951. The third-order valence-corrected chi connectivity index (χ3v) is 8.60. The van der Waals surface area contributed by atoms with Gasteiger partial charge in [0.05, 0.1) is 34.4 Å². The summed E-state index contributed by atoms with van der Waals surface area (Å²) in [5.74, 6) is -0.702. The second-order valence-electron chi connectivity index (χ2n) is 10.3. The fraction of sp³-hybridized carbons (Fsp3) is 0.125. The molecule has 0 bridgehead atoms. The number of carbonyl (C=O) groups excluding carboxylic acids is 1. The summed E-state index contributed by atoms with van der Waals surface area (Å²) in [6.07, 6.45) is 2.29. The van der Waals surface area contributed by atoms with Crippen molar-refractivity contribution in [3.05, 3.63) is 106 Å². The molecule has 1 N–H and O–H groups in total. The van der Waals surface area contributed by atoms with Crippen molar-refractivity contribution < 1.29 is 22.0 Å². The molecule has 0 radical (unpaired) electrons. The molecule has 6 aromatic rings.